The first-order valence-electron chi connectivity index (χ1n) is 4.27. The molecular weight excluding hydrogens is 250 g/mol. The normalized spacial score (nSPS) is 11.3. The van der Waals surface area contributed by atoms with Gasteiger partial charge in [-0.05, 0) is 12.1 Å². The Balaban J connectivity index is 2.61. The molecule has 1 aromatic rings. The molecule has 0 unspecified atom stereocenters. The van der Waals surface area contributed by atoms with Gasteiger partial charge in [0, 0.05) is 16.8 Å². The van der Waals surface area contributed by atoms with Crippen LogP contribution in [0.5, 0.6) is 0 Å². The number of aromatic nitrogens is 1. The molecule has 8 heteroatoms. The predicted molar refractivity (Wildman–Crippen MR) is 61.5 cm³/mol. The van der Waals surface area contributed by atoms with Crippen LogP contribution in [0.15, 0.2) is 23.2 Å². The number of carbonyl (C=O) groups excluding carboxylic acids is 1. The highest BCUT2D eigenvalue weighted by molar-refractivity contribution is 8.00. The summed E-state index contributed by atoms with van der Waals surface area (Å²) >= 11 is 1.27. The molecule has 1 rings (SSSR count). The highest BCUT2D eigenvalue weighted by atomic mass is 32.2. The largest absolute Gasteiger partial charge is 0.364 e. The van der Waals surface area contributed by atoms with Crippen molar-refractivity contribution in [1.29, 1.82) is 0 Å². The van der Waals surface area contributed by atoms with E-state index in [-0.39, 0.29) is 11.4 Å². The van der Waals surface area contributed by atoms with Gasteiger partial charge in [-0.25, -0.2) is 13.6 Å². The number of primary sulfonamides is 1. The summed E-state index contributed by atoms with van der Waals surface area (Å²) in [6.45, 7) is 0. The Labute approximate surface area is 97.5 Å². The lowest BCUT2D eigenvalue weighted by atomic mass is 10.3. The van der Waals surface area contributed by atoms with Crippen molar-refractivity contribution in [2.24, 2.45) is 10.9 Å². The molecule has 0 saturated heterocycles. The number of hydrogen-bond donors (Lipinski definition) is 2. The van der Waals surface area contributed by atoms with Crippen LogP contribution >= 0.6 is 11.8 Å². The summed E-state index contributed by atoms with van der Waals surface area (Å²) in [5.41, 5.74) is 5.21. The van der Waals surface area contributed by atoms with Gasteiger partial charge in [-0.15, -0.1) is 11.8 Å². The standard InChI is InChI=1S/C8H11N3O3S2/c9-8(12)7-5-6(1-2-11-7)15-3-4-16(10,13)14/h1-2,5H,3-4H2,(H2,9,12)(H2,10,13,14). The molecule has 1 amide bonds. The molecule has 6 nitrogen and oxygen atoms in total. The van der Waals surface area contributed by atoms with Crippen molar-refractivity contribution >= 4 is 27.7 Å². The fourth-order valence-electron chi connectivity index (χ4n) is 0.911. The molecule has 0 radical (unpaired) electrons. The van der Waals surface area contributed by atoms with Gasteiger partial charge >= 0.3 is 0 Å². The number of nitrogens with zero attached hydrogens (tertiary/aromatic N) is 1. The molecular formula is C8H11N3O3S2. The summed E-state index contributed by atoms with van der Waals surface area (Å²) in [7, 11) is -3.45. The maximum Gasteiger partial charge on any atom is 0.267 e. The zero-order valence-electron chi connectivity index (χ0n) is 8.29. The van der Waals surface area contributed by atoms with E-state index in [1.807, 2.05) is 0 Å². The van der Waals surface area contributed by atoms with Gasteiger partial charge in [0.05, 0.1) is 5.75 Å². The Kier molecular flexibility index (Phi) is 4.27. The number of thioether (sulfide) groups is 1. The number of pyridine rings is 1. The van der Waals surface area contributed by atoms with Crippen molar-refractivity contribution < 1.29 is 13.2 Å². The molecule has 0 aliphatic heterocycles. The maximum absolute atomic E-state index is 10.8. The van der Waals surface area contributed by atoms with Crippen molar-refractivity contribution in [3.63, 3.8) is 0 Å². The average Bonchev–Trinajstić information content (AvgIpc) is 2.16. The first-order valence-corrected chi connectivity index (χ1v) is 6.98. The Hall–Kier alpha value is -1.12. The van der Waals surface area contributed by atoms with E-state index in [4.69, 9.17) is 10.9 Å². The molecule has 0 aliphatic carbocycles. The smallest absolute Gasteiger partial charge is 0.267 e. The first kappa shape index (κ1) is 12.9. The van der Waals surface area contributed by atoms with Crippen LogP contribution in [-0.4, -0.2) is 30.8 Å². The number of primary amides is 1. The second kappa shape index (κ2) is 5.28. The number of hydrogen-bond acceptors (Lipinski definition) is 5. The quantitative estimate of drug-likeness (QED) is 0.697. The molecule has 0 saturated carbocycles. The van der Waals surface area contributed by atoms with Crippen LogP contribution < -0.4 is 10.9 Å². The van der Waals surface area contributed by atoms with E-state index in [0.717, 1.165) is 4.90 Å². The lowest BCUT2D eigenvalue weighted by molar-refractivity contribution is 0.0995. The molecule has 0 aromatic carbocycles. The third-order valence-corrected chi connectivity index (χ3v) is 3.65. The van der Waals surface area contributed by atoms with Gasteiger partial charge in [-0.2, -0.15) is 0 Å². The van der Waals surface area contributed by atoms with Crippen molar-refractivity contribution in [1.82, 2.24) is 4.98 Å². The minimum absolute atomic E-state index is 0.119. The molecule has 0 aliphatic rings. The zero-order chi connectivity index (χ0) is 12.2. The summed E-state index contributed by atoms with van der Waals surface area (Å²) in [5.74, 6) is -0.415. The van der Waals surface area contributed by atoms with Crippen molar-refractivity contribution in [2.45, 2.75) is 4.90 Å². The molecule has 0 atom stereocenters. The van der Waals surface area contributed by atoms with E-state index in [9.17, 15) is 13.2 Å². The van der Waals surface area contributed by atoms with Crippen LogP contribution in [0.2, 0.25) is 0 Å². The summed E-state index contributed by atoms with van der Waals surface area (Å²) in [6, 6.07) is 3.18. The minimum Gasteiger partial charge on any atom is -0.364 e. The maximum atomic E-state index is 10.8. The van der Waals surface area contributed by atoms with Crippen molar-refractivity contribution in [2.75, 3.05) is 11.5 Å². The third-order valence-electron chi connectivity index (χ3n) is 1.62. The van der Waals surface area contributed by atoms with E-state index in [0.29, 0.717) is 5.75 Å². The lowest BCUT2D eigenvalue weighted by Gasteiger charge is -2.01. The Morgan fingerprint density at radius 2 is 2.19 bits per heavy atom. The Bertz CT molecular complexity index is 487. The van der Waals surface area contributed by atoms with Gasteiger partial charge in [0.15, 0.2) is 0 Å². The van der Waals surface area contributed by atoms with Crippen LogP contribution in [0.3, 0.4) is 0 Å². The summed E-state index contributed by atoms with van der Waals surface area (Å²) in [6.07, 6.45) is 1.44. The summed E-state index contributed by atoms with van der Waals surface area (Å²) in [4.78, 5) is 15.3. The van der Waals surface area contributed by atoms with Crippen molar-refractivity contribution in [3.05, 3.63) is 24.0 Å². The number of nitrogens with two attached hydrogens (primary N) is 2. The predicted octanol–water partition coefficient (Wildman–Crippen LogP) is -0.439. The highest BCUT2D eigenvalue weighted by Gasteiger charge is 2.05. The van der Waals surface area contributed by atoms with E-state index in [1.54, 1.807) is 6.07 Å². The van der Waals surface area contributed by atoms with E-state index in [1.165, 1.54) is 24.0 Å². The van der Waals surface area contributed by atoms with E-state index < -0.39 is 15.9 Å². The molecule has 1 aromatic heterocycles. The third kappa shape index (κ3) is 4.60. The number of amides is 1. The molecule has 16 heavy (non-hydrogen) atoms. The molecule has 4 N–H and O–H groups in total. The summed E-state index contributed by atoms with van der Waals surface area (Å²) in [5, 5.41) is 4.85. The first-order chi connectivity index (χ1) is 7.38. The number of sulfonamides is 1. The fraction of sp³-hybridized carbons (Fsp3) is 0.250. The Morgan fingerprint density at radius 3 is 2.75 bits per heavy atom. The van der Waals surface area contributed by atoms with Crippen LogP contribution in [0.4, 0.5) is 0 Å². The number of carbonyl (C=O) groups is 1. The molecule has 1 heterocycles. The van der Waals surface area contributed by atoms with Crippen LogP contribution in [-0.2, 0) is 10.0 Å². The van der Waals surface area contributed by atoms with Gasteiger partial charge in [-0.1, -0.05) is 0 Å². The minimum atomic E-state index is -3.45. The second-order valence-corrected chi connectivity index (χ2v) is 5.86. The second-order valence-electron chi connectivity index (χ2n) is 2.96. The monoisotopic (exact) mass is 261 g/mol. The molecule has 0 bridgehead atoms. The van der Waals surface area contributed by atoms with E-state index >= 15 is 0 Å². The van der Waals surface area contributed by atoms with Crippen LogP contribution in [0.1, 0.15) is 10.5 Å². The van der Waals surface area contributed by atoms with Crippen molar-refractivity contribution in [3.8, 4) is 0 Å². The Morgan fingerprint density at radius 1 is 1.50 bits per heavy atom. The van der Waals surface area contributed by atoms with Gasteiger partial charge in [0.25, 0.3) is 5.91 Å². The SMILES string of the molecule is NC(=O)c1cc(SCCS(N)(=O)=O)ccn1. The highest BCUT2D eigenvalue weighted by Crippen LogP contribution is 2.17. The van der Waals surface area contributed by atoms with Gasteiger partial charge in [0.2, 0.25) is 10.0 Å². The van der Waals surface area contributed by atoms with E-state index in [2.05, 4.69) is 4.98 Å². The summed E-state index contributed by atoms with van der Waals surface area (Å²) < 4.78 is 21.3. The van der Waals surface area contributed by atoms with Gasteiger partial charge < -0.3 is 5.73 Å². The van der Waals surface area contributed by atoms with Crippen LogP contribution in [0.25, 0.3) is 0 Å². The fourth-order valence-corrected chi connectivity index (χ4v) is 2.76. The number of rotatable bonds is 5. The van der Waals surface area contributed by atoms with Gasteiger partial charge in [0.1, 0.15) is 5.69 Å². The molecule has 0 fully saturated rings. The topological polar surface area (TPSA) is 116 Å². The zero-order valence-corrected chi connectivity index (χ0v) is 9.92. The molecule has 88 valence electrons. The van der Waals surface area contributed by atoms with Gasteiger partial charge in [-0.3, -0.25) is 9.78 Å². The van der Waals surface area contributed by atoms with Crippen LogP contribution in [0, 0.1) is 0 Å². The lowest BCUT2D eigenvalue weighted by Crippen LogP contribution is -2.17. The average molecular weight is 261 g/mol. The molecule has 0 spiro atoms.